The minimum absolute atomic E-state index is 0.0913. The van der Waals surface area contributed by atoms with Crippen LogP contribution in [0.25, 0.3) is 32.8 Å². The number of nitrogens with two attached hydrogens (primary N) is 1. The van der Waals surface area contributed by atoms with Crippen LogP contribution in [0.5, 0.6) is 5.75 Å². The molecule has 1 aromatic heterocycles. The fraction of sp³-hybridized carbons (Fsp3) is 0.300. The summed E-state index contributed by atoms with van der Waals surface area (Å²) in [4.78, 5) is 27.6. The molecule has 194 valence electrons. The van der Waals surface area contributed by atoms with Gasteiger partial charge in [-0.05, 0) is 92.0 Å². The molecule has 37 heavy (non-hydrogen) atoms. The summed E-state index contributed by atoms with van der Waals surface area (Å²) in [5.41, 5.74) is 9.94. The van der Waals surface area contributed by atoms with Crippen molar-refractivity contribution in [3.8, 4) is 16.9 Å². The minimum atomic E-state index is -0.887. The molecule has 0 unspecified atom stereocenters. The molecule has 0 fully saturated rings. The van der Waals surface area contributed by atoms with Gasteiger partial charge in [0.05, 0.1) is 24.1 Å². The molecule has 7 heteroatoms. The van der Waals surface area contributed by atoms with Gasteiger partial charge < -0.3 is 20.7 Å². The molecule has 1 aliphatic rings. The summed E-state index contributed by atoms with van der Waals surface area (Å²) in [6.45, 7) is 7.78. The molecule has 1 aliphatic heterocycles. The maximum Gasteiger partial charge on any atom is 0.307 e. The summed E-state index contributed by atoms with van der Waals surface area (Å²) in [6.07, 6.45) is 3.34. The Kier molecular flexibility index (Phi) is 8.63. The minimum Gasteiger partial charge on any atom is -0.493 e. The van der Waals surface area contributed by atoms with Gasteiger partial charge in [-0.2, -0.15) is 0 Å². The fourth-order valence-corrected chi connectivity index (χ4v) is 4.47. The molecule has 0 atom stereocenters. The van der Waals surface area contributed by atoms with E-state index in [1.165, 1.54) is 12.6 Å². The first-order valence-corrected chi connectivity index (χ1v) is 12.1. The topological polar surface area (TPSA) is 123 Å². The Morgan fingerprint density at radius 1 is 1.14 bits per heavy atom. The standard InChI is InChI=1S/C25H19NO4.C4H10O.CH5N/c1-14-10-17-11-15(13-27)2-3-18(17)24(20(14)12-22(28)29)19-4-5-21-23-16(7-9-30-21)6-8-26-25(19)23;1-4(2,3)5;1-2/h2-6,8,10-11,13H,7,9,12H2,1H3,(H,28,29);5H,1-3H3;2H2,1H3. The number of carbonyl (C=O) groups is 2. The Labute approximate surface area is 216 Å². The van der Waals surface area contributed by atoms with Gasteiger partial charge in [0.2, 0.25) is 0 Å². The Hall–Kier alpha value is -3.81. The number of carbonyl (C=O) groups excluding carboxylic acids is 1. The van der Waals surface area contributed by atoms with Crippen molar-refractivity contribution in [3.63, 3.8) is 0 Å². The monoisotopic (exact) mass is 502 g/mol. The van der Waals surface area contributed by atoms with Gasteiger partial charge in [0.1, 0.15) is 12.0 Å². The predicted molar refractivity (Wildman–Crippen MR) is 147 cm³/mol. The number of fused-ring (bicyclic) bond motifs is 1. The highest BCUT2D eigenvalue weighted by Crippen LogP contribution is 2.42. The highest BCUT2D eigenvalue weighted by Gasteiger charge is 2.22. The maximum absolute atomic E-state index is 11.7. The lowest BCUT2D eigenvalue weighted by Crippen LogP contribution is -2.10. The second-order valence-corrected chi connectivity index (χ2v) is 9.79. The van der Waals surface area contributed by atoms with Crippen LogP contribution in [-0.4, -0.2) is 46.7 Å². The van der Waals surface area contributed by atoms with Crippen molar-refractivity contribution in [1.82, 2.24) is 4.98 Å². The van der Waals surface area contributed by atoms with E-state index in [0.717, 1.165) is 62.4 Å². The van der Waals surface area contributed by atoms with Crippen LogP contribution in [0.3, 0.4) is 0 Å². The number of carboxylic acid groups (broad SMARTS) is 1. The number of nitrogens with zero attached hydrogens (tertiary/aromatic N) is 1. The van der Waals surface area contributed by atoms with E-state index in [2.05, 4.69) is 10.7 Å². The molecular weight excluding hydrogens is 468 g/mol. The first-order valence-electron chi connectivity index (χ1n) is 12.1. The lowest BCUT2D eigenvalue weighted by molar-refractivity contribution is -0.136. The molecule has 7 nitrogen and oxygen atoms in total. The van der Waals surface area contributed by atoms with E-state index in [4.69, 9.17) is 9.84 Å². The summed E-state index contributed by atoms with van der Waals surface area (Å²) in [6, 6.07) is 13.4. The van der Waals surface area contributed by atoms with Gasteiger partial charge in [-0.1, -0.05) is 18.2 Å². The van der Waals surface area contributed by atoms with Crippen LogP contribution in [0.1, 0.15) is 47.8 Å². The van der Waals surface area contributed by atoms with Crippen LogP contribution < -0.4 is 10.5 Å². The van der Waals surface area contributed by atoms with Crippen LogP contribution in [0.4, 0.5) is 0 Å². The van der Waals surface area contributed by atoms with Crippen molar-refractivity contribution in [3.05, 3.63) is 70.9 Å². The summed E-state index contributed by atoms with van der Waals surface area (Å²) in [5.74, 6) is -0.0784. The molecule has 0 bridgehead atoms. The largest absolute Gasteiger partial charge is 0.493 e. The normalized spacial score (nSPS) is 12.1. The number of ether oxygens (including phenoxy) is 1. The van der Waals surface area contributed by atoms with Gasteiger partial charge in [-0.25, -0.2) is 0 Å². The molecule has 0 saturated carbocycles. The number of hydrogen-bond acceptors (Lipinski definition) is 6. The number of aromatic nitrogens is 1. The first-order chi connectivity index (χ1) is 17.6. The smallest absolute Gasteiger partial charge is 0.307 e. The number of hydrogen-bond donors (Lipinski definition) is 3. The van der Waals surface area contributed by atoms with Gasteiger partial charge in [0.25, 0.3) is 0 Å². The highest BCUT2D eigenvalue weighted by molar-refractivity contribution is 6.09. The van der Waals surface area contributed by atoms with E-state index in [0.29, 0.717) is 12.2 Å². The molecule has 2 heterocycles. The quantitative estimate of drug-likeness (QED) is 0.332. The average Bonchev–Trinajstić information content (AvgIpc) is 2.85. The lowest BCUT2D eigenvalue weighted by Gasteiger charge is -2.21. The van der Waals surface area contributed by atoms with Crippen LogP contribution in [0.15, 0.2) is 48.7 Å². The lowest BCUT2D eigenvalue weighted by atomic mass is 9.86. The number of carboxylic acids is 1. The summed E-state index contributed by atoms with van der Waals surface area (Å²) < 4.78 is 5.85. The van der Waals surface area contributed by atoms with Gasteiger partial charge in [-0.3, -0.25) is 14.6 Å². The van der Waals surface area contributed by atoms with Crippen molar-refractivity contribution >= 4 is 33.9 Å². The summed E-state index contributed by atoms with van der Waals surface area (Å²) in [5, 5.41) is 20.9. The zero-order chi connectivity index (χ0) is 27.3. The number of rotatable bonds is 4. The molecular formula is C30H34N2O5. The predicted octanol–water partition coefficient (Wildman–Crippen LogP) is 5.09. The van der Waals surface area contributed by atoms with Crippen LogP contribution >= 0.6 is 0 Å². The number of aliphatic carboxylic acids is 1. The van der Waals surface area contributed by atoms with Crippen molar-refractivity contribution in [2.75, 3.05) is 13.7 Å². The van der Waals surface area contributed by atoms with Gasteiger partial charge in [0, 0.05) is 29.1 Å². The molecule has 0 radical (unpaired) electrons. The van der Waals surface area contributed by atoms with Crippen LogP contribution in [0.2, 0.25) is 0 Å². The van der Waals surface area contributed by atoms with Gasteiger partial charge in [-0.15, -0.1) is 0 Å². The number of aryl methyl sites for hydroxylation is 1. The van der Waals surface area contributed by atoms with Crippen LogP contribution in [-0.2, 0) is 17.6 Å². The molecule has 0 spiro atoms. The molecule has 5 rings (SSSR count). The van der Waals surface area contributed by atoms with E-state index in [-0.39, 0.29) is 6.42 Å². The van der Waals surface area contributed by atoms with Crippen LogP contribution in [0, 0.1) is 6.92 Å². The van der Waals surface area contributed by atoms with Crippen molar-refractivity contribution in [2.24, 2.45) is 5.73 Å². The first kappa shape index (κ1) is 27.8. The van der Waals surface area contributed by atoms with Crippen molar-refractivity contribution in [2.45, 2.75) is 46.1 Å². The number of benzene rings is 3. The van der Waals surface area contributed by atoms with E-state index < -0.39 is 11.6 Å². The third-order valence-electron chi connectivity index (χ3n) is 5.80. The number of aliphatic hydroxyl groups is 1. The Morgan fingerprint density at radius 3 is 2.49 bits per heavy atom. The molecule has 4 aromatic rings. The van der Waals surface area contributed by atoms with E-state index in [9.17, 15) is 14.7 Å². The van der Waals surface area contributed by atoms with E-state index in [1.807, 2.05) is 43.3 Å². The third kappa shape index (κ3) is 6.31. The summed E-state index contributed by atoms with van der Waals surface area (Å²) >= 11 is 0. The Balaban J connectivity index is 0.000000489. The Bertz CT molecular complexity index is 1440. The molecule has 3 aromatic carbocycles. The third-order valence-corrected chi connectivity index (χ3v) is 5.80. The second-order valence-electron chi connectivity index (χ2n) is 9.79. The SMILES string of the molecule is CC(C)(C)O.CN.Cc1cc2cc(C=O)ccc2c(-c2ccc3c4c(ccnc24)CCO3)c1CC(=O)O. The molecule has 0 saturated heterocycles. The van der Waals surface area contributed by atoms with Gasteiger partial charge >= 0.3 is 5.97 Å². The Morgan fingerprint density at radius 2 is 1.84 bits per heavy atom. The zero-order valence-corrected chi connectivity index (χ0v) is 22.0. The second kappa shape index (κ2) is 11.5. The zero-order valence-electron chi connectivity index (χ0n) is 22.0. The van der Waals surface area contributed by atoms with E-state index >= 15 is 0 Å². The number of aldehydes is 1. The van der Waals surface area contributed by atoms with E-state index in [1.54, 1.807) is 33.0 Å². The van der Waals surface area contributed by atoms with Crippen molar-refractivity contribution < 1.29 is 24.5 Å². The maximum atomic E-state index is 11.7. The van der Waals surface area contributed by atoms with Gasteiger partial charge in [0.15, 0.2) is 0 Å². The highest BCUT2D eigenvalue weighted by atomic mass is 16.5. The number of pyridine rings is 1. The summed E-state index contributed by atoms with van der Waals surface area (Å²) in [7, 11) is 1.50. The molecule has 4 N–H and O–H groups in total. The molecule has 0 aliphatic carbocycles. The average molecular weight is 503 g/mol. The molecule has 0 amide bonds. The fourth-order valence-electron chi connectivity index (χ4n) is 4.47. The van der Waals surface area contributed by atoms with Crippen molar-refractivity contribution in [1.29, 1.82) is 0 Å².